The molecule has 29 heavy (non-hydrogen) atoms. The topological polar surface area (TPSA) is 55.9 Å². The van der Waals surface area contributed by atoms with Crippen molar-refractivity contribution in [2.75, 3.05) is 51.2 Å². The van der Waals surface area contributed by atoms with Crippen molar-refractivity contribution in [3.63, 3.8) is 0 Å². The molecule has 0 radical (unpaired) electrons. The van der Waals surface area contributed by atoms with Gasteiger partial charge in [0.05, 0.1) is 0 Å². The first-order valence-corrected chi connectivity index (χ1v) is 10.8. The third kappa shape index (κ3) is 5.50. The first-order valence-electron chi connectivity index (χ1n) is 10.8. The highest BCUT2D eigenvalue weighted by molar-refractivity contribution is 5.82. The lowest BCUT2D eigenvalue weighted by molar-refractivity contribution is -0.142. The van der Waals surface area contributed by atoms with Gasteiger partial charge in [-0.25, -0.2) is 0 Å². The van der Waals surface area contributed by atoms with Crippen molar-refractivity contribution in [1.82, 2.24) is 15.1 Å². The van der Waals surface area contributed by atoms with Gasteiger partial charge in [0, 0.05) is 62.8 Å². The zero-order valence-electron chi connectivity index (χ0n) is 18.4. The predicted molar refractivity (Wildman–Crippen MR) is 117 cm³/mol. The molecule has 0 bridgehead atoms. The summed E-state index contributed by atoms with van der Waals surface area (Å²) in [6.45, 7) is 11.9. The van der Waals surface area contributed by atoms with Gasteiger partial charge >= 0.3 is 0 Å². The fourth-order valence-electron chi connectivity index (χ4n) is 4.16. The third-order valence-electron chi connectivity index (χ3n) is 6.08. The Hall–Kier alpha value is -2.08. The molecule has 2 heterocycles. The Labute approximate surface area is 175 Å². The number of para-hydroxylation sites is 1. The molecular weight excluding hydrogens is 364 g/mol. The number of likely N-dealkylation sites (tertiary alicyclic amines) is 1. The zero-order chi connectivity index (χ0) is 21.0. The lowest BCUT2D eigenvalue weighted by Gasteiger charge is -2.36. The lowest BCUT2D eigenvalue weighted by Crippen LogP contribution is -2.46. The average molecular weight is 401 g/mol. The fourth-order valence-corrected chi connectivity index (χ4v) is 4.16. The first kappa shape index (κ1) is 21.6. The Bertz CT molecular complexity index is 712. The van der Waals surface area contributed by atoms with Crippen molar-refractivity contribution in [3.8, 4) is 0 Å². The van der Waals surface area contributed by atoms with Gasteiger partial charge in [-0.1, -0.05) is 39.0 Å². The van der Waals surface area contributed by atoms with E-state index in [0.717, 1.165) is 39.0 Å². The smallest absolute Gasteiger partial charge is 0.227 e. The summed E-state index contributed by atoms with van der Waals surface area (Å²) in [7, 11) is 2.16. The van der Waals surface area contributed by atoms with Crippen molar-refractivity contribution in [2.24, 2.45) is 11.3 Å². The van der Waals surface area contributed by atoms with E-state index >= 15 is 0 Å². The van der Waals surface area contributed by atoms with Crippen LogP contribution in [0.4, 0.5) is 5.69 Å². The third-order valence-corrected chi connectivity index (χ3v) is 6.08. The van der Waals surface area contributed by atoms with E-state index in [9.17, 15) is 9.59 Å². The number of amides is 2. The van der Waals surface area contributed by atoms with E-state index in [1.54, 1.807) is 0 Å². The second kappa shape index (κ2) is 9.16. The molecule has 0 spiro atoms. The molecule has 2 fully saturated rings. The van der Waals surface area contributed by atoms with Crippen LogP contribution in [0.3, 0.4) is 0 Å². The number of piperidine rings is 1. The van der Waals surface area contributed by atoms with E-state index in [0.29, 0.717) is 19.6 Å². The Morgan fingerprint density at radius 1 is 1.00 bits per heavy atom. The van der Waals surface area contributed by atoms with Crippen LogP contribution < -0.4 is 10.2 Å². The molecule has 160 valence electrons. The van der Waals surface area contributed by atoms with E-state index in [4.69, 9.17) is 0 Å². The summed E-state index contributed by atoms with van der Waals surface area (Å²) in [6.07, 6.45) is 1.49. The summed E-state index contributed by atoms with van der Waals surface area (Å²) in [4.78, 5) is 31.8. The number of carbonyl (C=O) groups excluding carboxylic acids is 2. The second-order valence-corrected chi connectivity index (χ2v) is 9.45. The van der Waals surface area contributed by atoms with E-state index in [1.807, 2.05) is 31.7 Å². The van der Waals surface area contributed by atoms with E-state index < -0.39 is 0 Å². The number of carbonyl (C=O) groups is 2. The molecule has 3 rings (SSSR count). The van der Waals surface area contributed by atoms with Crippen LogP contribution in [0, 0.1) is 11.3 Å². The van der Waals surface area contributed by atoms with Crippen molar-refractivity contribution >= 4 is 17.5 Å². The van der Waals surface area contributed by atoms with Crippen LogP contribution in [-0.2, 0) is 16.1 Å². The lowest BCUT2D eigenvalue weighted by atomic mass is 9.90. The van der Waals surface area contributed by atoms with Crippen LogP contribution >= 0.6 is 0 Å². The van der Waals surface area contributed by atoms with Crippen molar-refractivity contribution < 1.29 is 9.59 Å². The first-order chi connectivity index (χ1) is 13.8. The van der Waals surface area contributed by atoms with Gasteiger partial charge in [0.25, 0.3) is 0 Å². The number of anilines is 1. The maximum atomic E-state index is 12.7. The summed E-state index contributed by atoms with van der Waals surface area (Å²) in [6, 6.07) is 8.38. The van der Waals surface area contributed by atoms with Crippen LogP contribution in [0.5, 0.6) is 0 Å². The molecule has 1 aromatic carbocycles. The molecule has 0 atom stereocenters. The van der Waals surface area contributed by atoms with E-state index in [-0.39, 0.29) is 23.1 Å². The van der Waals surface area contributed by atoms with Crippen LogP contribution in [0.25, 0.3) is 0 Å². The molecule has 2 saturated heterocycles. The van der Waals surface area contributed by atoms with Crippen LogP contribution in [0.15, 0.2) is 24.3 Å². The number of benzene rings is 1. The molecular formula is C23H36N4O2. The summed E-state index contributed by atoms with van der Waals surface area (Å²) >= 11 is 0. The predicted octanol–water partition coefficient (Wildman–Crippen LogP) is 2.34. The molecule has 2 aliphatic heterocycles. The second-order valence-electron chi connectivity index (χ2n) is 9.45. The average Bonchev–Trinajstić information content (AvgIpc) is 2.72. The molecule has 6 heteroatoms. The number of hydrogen-bond donors (Lipinski definition) is 1. The van der Waals surface area contributed by atoms with Crippen molar-refractivity contribution in [3.05, 3.63) is 29.8 Å². The van der Waals surface area contributed by atoms with E-state index in [1.165, 1.54) is 11.3 Å². The molecule has 1 aromatic rings. The van der Waals surface area contributed by atoms with Crippen molar-refractivity contribution in [2.45, 2.75) is 40.2 Å². The van der Waals surface area contributed by atoms with Gasteiger partial charge < -0.3 is 20.0 Å². The highest BCUT2D eigenvalue weighted by atomic mass is 16.2. The minimum absolute atomic E-state index is 0.00480. The molecule has 0 unspecified atom stereocenters. The molecule has 2 aliphatic rings. The van der Waals surface area contributed by atoms with E-state index in [2.05, 4.69) is 40.4 Å². The zero-order valence-corrected chi connectivity index (χ0v) is 18.4. The molecule has 0 aliphatic carbocycles. The van der Waals surface area contributed by atoms with Crippen LogP contribution in [0.2, 0.25) is 0 Å². The van der Waals surface area contributed by atoms with Gasteiger partial charge in [0.2, 0.25) is 11.8 Å². The van der Waals surface area contributed by atoms with Crippen LogP contribution in [0.1, 0.15) is 39.2 Å². The highest BCUT2D eigenvalue weighted by Gasteiger charge is 2.32. The number of nitrogens with one attached hydrogen (secondary N) is 1. The molecule has 0 saturated carbocycles. The summed E-state index contributed by atoms with van der Waals surface area (Å²) < 4.78 is 0. The minimum atomic E-state index is -0.359. The number of nitrogens with zero attached hydrogens (tertiary/aromatic N) is 3. The Kier molecular flexibility index (Phi) is 6.83. The Balaban J connectivity index is 1.52. The number of piperazine rings is 1. The quantitative estimate of drug-likeness (QED) is 0.843. The minimum Gasteiger partial charge on any atom is -0.369 e. The Morgan fingerprint density at radius 3 is 2.24 bits per heavy atom. The molecule has 1 N–H and O–H groups in total. The molecule has 0 aromatic heterocycles. The SMILES string of the molecule is CN1CCN(c2ccccc2CNC(=O)C2CCN(C(=O)C(C)(C)C)CC2)CC1. The molecule has 6 nitrogen and oxygen atoms in total. The summed E-state index contributed by atoms with van der Waals surface area (Å²) in [5, 5.41) is 3.15. The van der Waals surface area contributed by atoms with Gasteiger partial charge in [0.1, 0.15) is 0 Å². The maximum absolute atomic E-state index is 12.7. The molecule has 2 amide bonds. The number of hydrogen-bond acceptors (Lipinski definition) is 4. The monoisotopic (exact) mass is 400 g/mol. The fraction of sp³-hybridized carbons (Fsp3) is 0.652. The van der Waals surface area contributed by atoms with Gasteiger partial charge in [-0.2, -0.15) is 0 Å². The van der Waals surface area contributed by atoms with Gasteiger partial charge in [-0.3, -0.25) is 9.59 Å². The maximum Gasteiger partial charge on any atom is 0.227 e. The number of likely N-dealkylation sites (N-methyl/N-ethyl adjacent to an activating group) is 1. The highest BCUT2D eigenvalue weighted by Crippen LogP contribution is 2.25. The number of rotatable bonds is 4. The van der Waals surface area contributed by atoms with Gasteiger partial charge in [0.15, 0.2) is 0 Å². The van der Waals surface area contributed by atoms with Crippen LogP contribution in [-0.4, -0.2) is 67.9 Å². The van der Waals surface area contributed by atoms with Crippen molar-refractivity contribution in [1.29, 1.82) is 0 Å². The standard InChI is InChI=1S/C23H36N4O2/c1-23(2,3)22(29)27-11-9-18(10-12-27)21(28)24-17-19-7-5-6-8-20(19)26-15-13-25(4)14-16-26/h5-8,18H,9-17H2,1-4H3,(H,24,28). The normalized spacial score (nSPS) is 19.3. The van der Waals surface area contributed by atoms with Gasteiger partial charge in [-0.05, 0) is 31.5 Å². The largest absolute Gasteiger partial charge is 0.369 e. The Morgan fingerprint density at radius 2 is 1.62 bits per heavy atom. The van der Waals surface area contributed by atoms with Gasteiger partial charge in [-0.15, -0.1) is 0 Å². The summed E-state index contributed by atoms with van der Waals surface area (Å²) in [5.74, 6) is 0.285. The summed E-state index contributed by atoms with van der Waals surface area (Å²) in [5.41, 5.74) is 2.04.